The maximum atomic E-state index is 12.4. The lowest BCUT2D eigenvalue weighted by atomic mass is 10.1. The number of benzene rings is 2. The molecule has 0 saturated heterocycles. The molecule has 2 aromatic carbocycles. The normalized spacial score (nSPS) is 11.4. The van der Waals surface area contributed by atoms with Crippen molar-refractivity contribution in [1.82, 2.24) is 4.83 Å². The monoisotopic (exact) mass is 334 g/mol. The van der Waals surface area contributed by atoms with Crippen molar-refractivity contribution in [3.8, 4) is 11.5 Å². The van der Waals surface area contributed by atoms with Gasteiger partial charge in [0.1, 0.15) is 16.4 Å². The van der Waals surface area contributed by atoms with E-state index in [-0.39, 0.29) is 10.6 Å². The molecule has 0 aliphatic heterocycles. The van der Waals surface area contributed by atoms with Crippen LogP contribution >= 0.6 is 0 Å². The average Bonchev–Trinajstić information content (AvgIpc) is 2.56. The molecule has 1 N–H and O–H groups in total. The number of hydrogen-bond acceptors (Lipinski definition) is 5. The van der Waals surface area contributed by atoms with E-state index in [0.29, 0.717) is 5.75 Å². The van der Waals surface area contributed by atoms with Gasteiger partial charge in [0, 0.05) is 6.07 Å². The van der Waals surface area contributed by atoms with Gasteiger partial charge >= 0.3 is 0 Å². The molecular formula is C16H18N2O4S. The van der Waals surface area contributed by atoms with Gasteiger partial charge in [-0.2, -0.15) is 18.4 Å². The number of hydrazone groups is 1. The summed E-state index contributed by atoms with van der Waals surface area (Å²) in [6.45, 7) is 1.92. The van der Waals surface area contributed by atoms with Crippen molar-refractivity contribution < 1.29 is 17.9 Å². The summed E-state index contributed by atoms with van der Waals surface area (Å²) in [5, 5.41) is 3.82. The van der Waals surface area contributed by atoms with E-state index in [1.165, 1.54) is 32.6 Å². The Morgan fingerprint density at radius 1 is 1.09 bits per heavy atom. The predicted octanol–water partition coefficient (Wildman–Crippen LogP) is 2.32. The first-order chi connectivity index (χ1) is 11.0. The van der Waals surface area contributed by atoms with Crippen molar-refractivity contribution in [3.05, 3.63) is 53.6 Å². The van der Waals surface area contributed by atoms with Crippen molar-refractivity contribution in [2.75, 3.05) is 14.2 Å². The molecule has 0 amide bonds. The highest BCUT2D eigenvalue weighted by Gasteiger charge is 2.19. The largest absolute Gasteiger partial charge is 0.497 e. The molecule has 23 heavy (non-hydrogen) atoms. The van der Waals surface area contributed by atoms with Crippen LogP contribution in [-0.4, -0.2) is 28.9 Å². The summed E-state index contributed by atoms with van der Waals surface area (Å²) in [6.07, 6.45) is 1.46. The highest BCUT2D eigenvalue weighted by atomic mass is 32.2. The van der Waals surface area contributed by atoms with Crippen molar-refractivity contribution in [1.29, 1.82) is 0 Å². The van der Waals surface area contributed by atoms with E-state index in [1.54, 1.807) is 6.07 Å². The van der Waals surface area contributed by atoms with Gasteiger partial charge in [-0.1, -0.05) is 24.3 Å². The molecule has 0 atom stereocenters. The second-order valence-corrected chi connectivity index (χ2v) is 6.36. The third kappa shape index (κ3) is 4.01. The molecule has 2 aromatic rings. The molecule has 0 fully saturated rings. The SMILES string of the molecule is COc1ccc(OC)c(S(=O)(=O)N/N=C/c2ccccc2C)c1. The minimum Gasteiger partial charge on any atom is -0.497 e. The Labute approximate surface area is 135 Å². The van der Waals surface area contributed by atoms with Gasteiger partial charge in [-0.25, -0.2) is 0 Å². The number of methoxy groups -OCH3 is 2. The smallest absolute Gasteiger partial charge is 0.280 e. The molecule has 7 heteroatoms. The Morgan fingerprint density at radius 2 is 1.83 bits per heavy atom. The molecule has 2 rings (SSSR count). The van der Waals surface area contributed by atoms with Gasteiger partial charge in [-0.15, -0.1) is 0 Å². The lowest BCUT2D eigenvalue weighted by Crippen LogP contribution is -2.19. The van der Waals surface area contributed by atoms with Gasteiger partial charge in [-0.3, -0.25) is 0 Å². The molecular weight excluding hydrogens is 316 g/mol. The van der Waals surface area contributed by atoms with Gasteiger partial charge in [-0.05, 0) is 30.2 Å². The Bertz CT molecular complexity index is 817. The second kappa shape index (κ2) is 7.15. The van der Waals surface area contributed by atoms with E-state index in [9.17, 15) is 8.42 Å². The maximum Gasteiger partial charge on any atom is 0.280 e. The summed E-state index contributed by atoms with van der Waals surface area (Å²) < 4.78 is 34.9. The number of aryl methyl sites for hydroxylation is 1. The predicted molar refractivity (Wildman–Crippen MR) is 88.6 cm³/mol. The topological polar surface area (TPSA) is 77.0 Å². The molecule has 0 spiro atoms. The molecule has 0 radical (unpaired) electrons. The van der Waals surface area contributed by atoms with Crippen LogP contribution < -0.4 is 14.3 Å². The van der Waals surface area contributed by atoms with Crippen molar-refractivity contribution in [2.45, 2.75) is 11.8 Å². The van der Waals surface area contributed by atoms with Crippen LogP contribution in [0, 0.1) is 6.92 Å². The van der Waals surface area contributed by atoms with Gasteiger partial charge in [0.15, 0.2) is 0 Å². The first kappa shape index (κ1) is 16.8. The fourth-order valence-electron chi connectivity index (χ4n) is 1.94. The molecule has 0 aliphatic rings. The Balaban J connectivity index is 2.27. The zero-order valence-electron chi connectivity index (χ0n) is 13.1. The van der Waals surface area contributed by atoms with E-state index in [0.717, 1.165) is 11.1 Å². The number of rotatable bonds is 6. The summed E-state index contributed by atoms with van der Waals surface area (Å²) in [4.78, 5) is 2.14. The third-order valence-electron chi connectivity index (χ3n) is 3.23. The van der Waals surface area contributed by atoms with Gasteiger partial charge in [0.25, 0.3) is 10.0 Å². The lowest BCUT2D eigenvalue weighted by molar-refractivity contribution is 0.392. The first-order valence-corrected chi connectivity index (χ1v) is 8.29. The van der Waals surface area contributed by atoms with E-state index in [4.69, 9.17) is 9.47 Å². The number of sulfonamides is 1. The van der Waals surface area contributed by atoms with Crippen LogP contribution in [0.15, 0.2) is 52.5 Å². The molecule has 0 aromatic heterocycles. The molecule has 0 unspecified atom stereocenters. The van der Waals surface area contributed by atoms with Crippen LogP contribution in [0.5, 0.6) is 11.5 Å². The van der Waals surface area contributed by atoms with Crippen LogP contribution in [0.1, 0.15) is 11.1 Å². The van der Waals surface area contributed by atoms with Crippen molar-refractivity contribution >= 4 is 16.2 Å². The van der Waals surface area contributed by atoms with Crippen LogP contribution in [0.4, 0.5) is 0 Å². The Morgan fingerprint density at radius 3 is 2.48 bits per heavy atom. The summed E-state index contributed by atoms with van der Waals surface area (Å²) in [5.74, 6) is 0.624. The van der Waals surface area contributed by atoms with Crippen molar-refractivity contribution in [2.24, 2.45) is 5.10 Å². The fraction of sp³-hybridized carbons (Fsp3) is 0.188. The molecule has 122 valence electrons. The van der Waals surface area contributed by atoms with Crippen LogP contribution in [0.25, 0.3) is 0 Å². The average molecular weight is 334 g/mol. The highest BCUT2D eigenvalue weighted by Crippen LogP contribution is 2.27. The van der Waals surface area contributed by atoms with E-state index in [1.807, 2.05) is 31.2 Å². The number of ether oxygens (including phenoxy) is 2. The van der Waals surface area contributed by atoms with E-state index >= 15 is 0 Å². The summed E-state index contributed by atoms with van der Waals surface area (Å²) in [7, 11) is -1.01. The highest BCUT2D eigenvalue weighted by molar-refractivity contribution is 7.89. The van der Waals surface area contributed by atoms with Crippen LogP contribution in [0.3, 0.4) is 0 Å². The number of nitrogens with one attached hydrogen (secondary N) is 1. The van der Waals surface area contributed by atoms with Gasteiger partial charge in [0.05, 0.1) is 20.4 Å². The molecule has 6 nitrogen and oxygen atoms in total. The third-order valence-corrected chi connectivity index (χ3v) is 4.47. The van der Waals surface area contributed by atoms with Gasteiger partial charge in [0.2, 0.25) is 0 Å². The van der Waals surface area contributed by atoms with Crippen LogP contribution in [-0.2, 0) is 10.0 Å². The fourth-order valence-corrected chi connectivity index (χ4v) is 2.92. The summed E-state index contributed by atoms with van der Waals surface area (Å²) in [5.41, 5.74) is 1.82. The number of nitrogens with zero attached hydrogens (tertiary/aromatic N) is 1. The molecule has 0 saturated carbocycles. The maximum absolute atomic E-state index is 12.4. The molecule has 0 bridgehead atoms. The lowest BCUT2D eigenvalue weighted by Gasteiger charge is -2.10. The quantitative estimate of drug-likeness (QED) is 0.650. The van der Waals surface area contributed by atoms with E-state index < -0.39 is 10.0 Å². The Hall–Kier alpha value is -2.54. The first-order valence-electron chi connectivity index (χ1n) is 6.80. The zero-order chi connectivity index (χ0) is 16.9. The van der Waals surface area contributed by atoms with E-state index in [2.05, 4.69) is 9.93 Å². The standard InChI is InChI=1S/C16H18N2O4S/c1-12-6-4-5-7-13(12)11-17-18-23(19,20)16-10-14(21-2)8-9-15(16)22-3/h4-11,18H,1-3H3/b17-11+. The summed E-state index contributed by atoms with van der Waals surface area (Å²) in [6, 6.07) is 12.0. The minimum atomic E-state index is -3.87. The van der Waals surface area contributed by atoms with Gasteiger partial charge < -0.3 is 9.47 Å². The minimum absolute atomic E-state index is 0.0405. The summed E-state index contributed by atoms with van der Waals surface area (Å²) >= 11 is 0. The van der Waals surface area contributed by atoms with Crippen LogP contribution in [0.2, 0.25) is 0 Å². The van der Waals surface area contributed by atoms with Crippen molar-refractivity contribution in [3.63, 3.8) is 0 Å². The molecule has 0 aliphatic carbocycles. The number of hydrogen-bond donors (Lipinski definition) is 1. The molecule has 0 heterocycles. The zero-order valence-corrected chi connectivity index (χ0v) is 13.9. The Kier molecular flexibility index (Phi) is 5.23. The second-order valence-electron chi connectivity index (χ2n) is 4.73.